The standard InChI is InChI=1S/C8H19N3O3S/c1-8(2)11-14-7-6-9-4-5-10-15(3,12)13/h9-10H,4-7H2,1-3H3. The van der Waals surface area contributed by atoms with E-state index in [2.05, 4.69) is 15.2 Å². The molecular formula is C8H19N3O3S. The summed E-state index contributed by atoms with van der Waals surface area (Å²) in [6, 6.07) is 0. The minimum atomic E-state index is -3.08. The lowest BCUT2D eigenvalue weighted by Gasteiger charge is -2.04. The average Bonchev–Trinajstić information content (AvgIpc) is 2.07. The molecule has 0 radical (unpaired) electrons. The van der Waals surface area contributed by atoms with Crippen molar-refractivity contribution in [2.24, 2.45) is 5.16 Å². The van der Waals surface area contributed by atoms with E-state index in [1.807, 2.05) is 13.8 Å². The number of hydrogen-bond donors (Lipinski definition) is 2. The van der Waals surface area contributed by atoms with Crippen LogP contribution in [0.5, 0.6) is 0 Å². The Morgan fingerprint density at radius 1 is 1.27 bits per heavy atom. The van der Waals surface area contributed by atoms with Gasteiger partial charge >= 0.3 is 0 Å². The summed E-state index contributed by atoms with van der Waals surface area (Å²) in [5.41, 5.74) is 0.869. The number of nitrogens with one attached hydrogen (secondary N) is 2. The normalized spacial score (nSPS) is 11.1. The molecule has 0 saturated carbocycles. The zero-order valence-electron chi connectivity index (χ0n) is 9.41. The molecule has 0 heterocycles. The second-order valence-electron chi connectivity index (χ2n) is 3.29. The molecule has 0 unspecified atom stereocenters. The van der Waals surface area contributed by atoms with E-state index in [0.29, 0.717) is 26.2 Å². The van der Waals surface area contributed by atoms with Gasteiger partial charge in [-0.1, -0.05) is 5.16 Å². The van der Waals surface area contributed by atoms with Gasteiger partial charge in [0, 0.05) is 19.6 Å². The molecule has 2 N–H and O–H groups in total. The van der Waals surface area contributed by atoms with Crippen molar-refractivity contribution in [3.05, 3.63) is 0 Å². The van der Waals surface area contributed by atoms with Gasteiger partial charge in [0.2, 0.25) is 10.0 Å². The summed E-state index contributed by atoms with van der Waals surface area (Å²) in [4.78, 5) is 4.93. The quantitative estimate of drug-likeness (QED) is 0.340. The van der Waals surface area contributed by atoms with Crippen molar-refractivity contribution in [2.45, 2.75) is 13.8 Å². The Bertz CT molecular complexity index is 284. The number of hydrogen-bond acceptors (Lipinski definition) is 5. The van der Waals surface area contributed by atoms with Gasteiger partial charge < -0.3 is 10.2 Å². The van der Waals surface area contributed by atoms with E-state index in [4.69, 9.17) is 4.84 Å². The van der Waals surface area contributed by atoms with Gasteiger partial charge in [-0.3, -0.25) is 0 Å². The molecule has 0 aliphatic carbocycles. The van der Waals surface area contributed by atoms with Gasteiger partial charge in [-0.25, -0.2) is 13.1 Å². The first-order chi connectivity index (χ1) is 6.92. The van der Waals surface area contributed by atoms with Crippen molar-refractivity contribution in [3.8, 4) is 0 Å². The van der Waals surface area contributed by atoms with Crippen LogP contribution >= 0.6 is 0 Å². The average molecular weight is 237 g/mol. The van der Waals surface area contributed by atoms with Crippen LogP contribution in [-0.2, 0) is 14.9 Å². The molecule has 0 aliphatic rings. The van der Waals surface area contributed by atoms with Crippen LogP contribution in [0, 0.1) is 0 Å². The molecule has 7 heteroatoms. The molecule has 0 atom stereocenters. The molecule has 6 nitrogen and oxygen atoms in total. The Balaban J connectivity index is 3.23. The molecule has 0 aliphatic heterocycles. The molecule has 15 heavy (non-hydrogen) atoms. The highest BCUT2D eigenvalue weighted by Gasteiger charge is 1.97. The smallest absolute Gasteiger partial charge is 0.208 e. The van der Waals surface area contributed by atoms with Crippen LogP contribution in [0.3, 0.4) is 0 Å². The summed E-state index contributed by atoms with van der Waals surface area (Å²) >= 11 is 0. The van der Waals surface area contributed by atoms with E-state index in [0.717, 1.165) is 12.0 Å². The van der Waals surface area contributed by atoms with Gasteiger partial charge in [0.05, 0.1) is 12.0 Å². The van der Waals surface area contributed by atoms with Crippen molar-refractivity contribution >= 4 is 15.7 Å². The molecule has 0 saturated heterocycles. The van der Waals surface area contributed by atoms with Crippen molar-refractivity contribution in [1.29, 1.82) is 0 Å². The molecule has 0 fully saturated rings. The third kappa shape index (κ3) is 13.3. The predicted octanol–water partition coefficient (Wildman–Crippen LogP) is -0.462. The molecular weight excluding hydrogens is 218 g/mol. The Hall–Kier alpha value is -0.660. The fourth-order valence-electron chi connectivity index (χ4n) is 0.742. The number of oxime groups is 1. The molecule has 0 aromatic carbocycles. The highest BCUT2D eigenvalue weighted by Crippen LogP contribution is 1.78. The number of sulfonamides is 1. The van der Waals surface area contributed by atoms with Crippen LogP contribution in [0.2, 0.25) is 0 Å². The monoisotopic (exact) mass is 237 g/mol. The first-order valence-electron chi connectivity index (χ1n) is 4.70. The number of rotatable bonds is 8. The Morgan fingerprint density at radius 2 is 1.93 bits per heavy atom. The minimum Gasteiger partial charge on any atom is -0.395 e. The highest BCUT2D eigenvalue weighted by molar-refractivity contribution is 7.88. The van der Waals surface area contributed by atoms with E-state index in [1.165, 1.54) is 0 Å². The second kappa shape index (κ2) is 7.61. The summed E-state index contributed by atoms with van der Waals surface area (Å²) < 4.78 is 23.7. The minimum absolute atomic E-state index is 0.384. The Labute approximate surface area is 91.1 Å². The van der Waals surface area contributed by atoms with Crippen molar-refractivity contribution in [3.63, 3.8) is 0 Å². The van der Waals surface area contributed by atoms with Gasteiger partial charge in [-0.05, 0) is 13.8 Å². The highest BCUT2D eigenvalue weighted by atomic mass is 32.2. The number of nitrogens with zero attached hydrogens (tertiary/aromatic N) is 1. The van der Waals surface area contributed by atoms with Crippen LogP contribution in [0.15, 0.2) is 5.16 Å². The van der Waals surface area contributed by atoms with Gasteiger partial charge in [0.15, 0.2) is 0 Å². The lowest BCUT2D eigenvalue weighted by Crippen LogP contribution is -2.32. The van der Waals surface area contributed by atoms with Gasteiger partial charge in [-0.15, -0.1) is 0 Å². The fraction of sp³-hybridized carbons (Fsp3) is 0.875. The zero-order valence-corrected chi connectivity index (χ0v) is 10.2. The summed E-state index contributed by atoms with van der Waals surface area (Å²) in [7, 11) is -3.08. The molecule has 0 rings (SSSR count). The van der Waals surface area contributed by atoms with E-state index >= 15 is 0 Å². The summed E-state index contributed by atoms with van der Waals surface area (Å²) in [5, 5.41) is 6.76. The maximum Gasteiger partial charge on any atom is 0.208 e. The zero-order chi connectivity index (χ0) is 11.7. The van der Waals surface area contributed by atoms with Crippen molar-refractivity contribution < 1.29 is 13.3 Å². The van der Waals surface area contributed by atoms with Crippen LogP contribution < -0.4 is 10.0 Å². The first-order valence-corrected chi connectivity index (χ1v) is 6.59. The Kier molecular flexibility index (Phi) is 7.27. The summed E-state index contributed by atoms with van der Waals surface area (Å²) in [6.45, 7) is 5.78. The fourth-order valence-corrected chi connectivity index (χ4v) is 1.22. The van der Waals surface area contributed by atoms with E-state index in [9.17, 15) is 8.42 Å². The van der Waals surface area contributed by atoms with Crippen LogP contribution in [0.4, 0.5) is 0 Å². The van der Waals surface area contributed by atoms with E-state index < -0.39 is 10.0 Å². The van der Waals surface area contributed by atoms with Gasteiger partial charge in [0.1, 0.15) is 6.61 Å². The summed E-state index contributed by atoms with van der Waals surface area (Å²) in [5.74, 6) is 0. The van der Waals surface area contributed by atoms with Crippen LogP contribution in [0.25, 0.3) is 0 Å². The third-order valence-electron chi connectivity index (χ3n) is 1.28. The molecule has 90 valence electrons. The molecule has 0 aromatic rings. The van der Waals surface area contributed by atoms with E-state index in [1.54, 1.807) is 0 Å². The van der Waals surface area contributed by atoms with Crippen molar-refractivity contribution in [2.75, 3.05) is 32.5 Å². The lowest BCUT2D eigenvalue weighted by atomic mass is 10.5. The van der Waals surface area contributed by atoms with Crippen molar-refractivity contribution in [1.82, 2.24) is 10.0 Å². The summed E-state index contributed by atoms with van der Waals surface area (Å²) in [6.07, 6.45) is 1.13. The third-order valence-corrected chi connectivity index (χ3v) is 2.01. The second-order valence-corrected chi connectivity index (χ2v) is 5.12. The first kappa shape index (κ1) is 14.3. The lowest BCUT2D eigenvalue weighted by molar-refractivity contribution is 0.146. The van der Waals surface area contributed by atoms with Crippen LogP contribution in [-0.4, -0.2) is 46.6 Å². The molecule has 0 spiro atoms. The maximum absolute atomic E-state index is 10.7. The van der Waals surface area contributed by atoms with Crippen LogP contribution in [0.1, 0.15) is 13.8 Å². The topological polar surface area (TPSA) is 79.8 Å². The molecule has 0 aromatic heterocycles. The van der Waals surface area contributed by atoms with Gasteiger partial charge in [-0.2, -0.15) is 0 Å². The maximum atomic E-state index is 10.7. The van der Waals surface area contributed by atoms with E-state index in [-0.39, 0.29) is 0 Å². The van der Waals surface area contributed by atoms with Gasteiger partial charge in [0.25, 0.3) is 0 Å². The SMILES string of the molecule is CC(C)=NOCCNCCNS(C)(=O)=O. The Morgan fingerprint density at radius 3 is 2.47 bits per heavy atom. The molecule has 0 amide bonds. The largest absolute Gasteiger partial charge is 0.395 e. The molecule has 0 bridgehead atoms. The predicted molar refractivity (Wildman–Crippen MR) is 60.5 cm³/mol.